The first-order valence-electron chi connectivity index (χ1n) is 6.26. The molecule has 1 unspecified atom stereocenters. The molecule has 1 atom stereocenters. The van der Waals surface area contributed by atoms with E-state index < -0.39 is 0 Å². The van der Waals surface area contributed by atoms with Crippen LogP contribution in [0.15, 0.2) is 6.07 Å². The Morgan fingerprint density at radius 2 is 2.33 bits per heavy atom. The lowest BCUT2D eigenvalue weighted by Gasteiger charge is -2.10. The Balaban J connectivity index is 2.47. The van der Waals surface area contributed by atoms with Crippen LogP contribution in [0.2, 0.25) is 0 Å². The number of nitrogens with one attached hydrogen (secondary N) is 1. The van der Waals surface area contributed by atoms with Crippen molar-refractivity contribution in [1.29, 1.82) is 0 Å². The number of nitrogens with two attached hydrogens (primary N) is 1. The van der Waals surface area contributed by atoms with E-state index in [2.05, 4.69) is 19.3 Å². The summed E-state index contributed by atoms with van der Waals surface area (Å²) in [6.45, 7) is 7.69. The van der Waals surface area contributed by atoms with Gasteiger partial charge in [-0.2, -0.15) is 0 Å². The molecule has 18 heavy (non-hydrogen) atoms. The fourth-order valence-electron chi connectivity index (χ4n) is 1.79. The van der Waals surface area contributed by atoms with Crippen LogP contribution in [0.25, 0.3) is 0 Å². The maximum absolute atomic E-state index is 11.4. The van der Waals surface area contributed by atoms with Gasteiger partial charge in [-0.05, 0) is 30.9 Å². The van der Waals surface area contributed by atoms with E-state index in [1.807, 2.05) is 13.0 Å². The van der Waals surface area contributed by atoms with Gasteiger partial charge in [-0.25, -0.2) is 5.84 Å². The number of hydrazine groups is 1. The van der Waals surface area contributed by atoms with Gasteiger partial charge in [-0.3, -0.25) is 10.2 Å². The van der Waals surface area contributed by atoms with Crippen LogP contribution < -0.4 is 11.3 Å². The molecule has 102 valence electrons. The van der Waals surface area contributed by atoms with Gasteiger partial charge in [0.2, 0.25) is 0 Å². The molecule has 5 heteroatoms. The molecule has 0 aliphatic heterocycles. The lowest BCUT2D eigenvalue weighted by atomic mass is 10.1. The predicted octanol–water partition coefficient (Wildman–Crippen LogP) is 2.61. The van der Waals surface area contributed by atoms with Gasteiger partial charge in [-0.15, -0.1) is 11.3 Å². The zero-order chi connectivity index (χ0) is 13.5. The number of amides is 1. The molecule has 0 spiro atoms. The van der Waals surface area contributed by atoms with Crippen molar-refractivity contribution in [3.8, 4) is 0 Å². The second kappa shape index (κ2) is 7.51. The lowest BCUT2D eigenvalue weighted by molar-refractivity contribution is 0.0891. The standard InChI is InChI=1S/C13H22N2O2S/c1-4-5-9(2)7-17-8-11-6-12(13(16)15-14)18-10(11)3/h6,9H,4-5,7-8,14H2,1-3H3,(H,15,16). The predicted molar refractivity (Wildman–Crippen MR) is 74.4 cm³/mol. The molecular formula is C13H22N2O2S. The zero-order valence-electron chi connectivity index (χ0n) is 11.3. The summed E-state index contributed by atoms with van der Waals surface area (Å²) in [6.07, 6.45) is 2.37. The Morgan fingerprint density at radius 1 is 1.61 bits per heavy atom. The molecule has 0 radical (unpaired) electrons. The smallest absolute Gasteiger partial charge is 0.275 e. The van der Waals surface area contributed by atoms with Gasteiger partial charge < -0.3 is 4.74 Å². The summed E-state index contributed by atoms with van der Waals surface area (Å²) < 4.78 is 5.69. The average Bonchev–Trinajstić information content (AvgIpc) is 2.70. The van der Waals surface area contributed by atoms with Gasteiger partial charge in [0.15, 0.2) is 0 Å². The van der Waals surface area contributed by atoms with Gasteiger partial charge in [0.25, 0.3) is 5.91 Å². The minimum absolute atomic E-state index is 0.242. The summed E-state index contributed by atoms with van der Waals surface area (Å²) in [5.74, 6) is 5.45. The largest absolute Gasteiger partial charge is 0.376 e. The van der Waals surface area contributed by atoms with Gasteiger partial charge in [0.05, 0.1) is 11.5 Å². The average molecular weight is 270 g/mol. The van der Waals surface area contributed by atoms with E-state index in [1.54, 1.807) is 0 Å². The van der Waals surface area contributed by atoms with Crippen molar-refractivity contribution in [2.45, 2.75) is 40.2 Å². The first kappa shape index (κ1) is 15.1. The summed E-state index contributed by atoms with van der Waals surface area (Å²) >= 11 is 1.44. The number of carbonyl (C=O) groups excluding carboxylic acids is 1. The zero-order valence-corrected chi connectivity index (χ0v) is 12.1. The Labute approximate surface area is 112 Å². The highest BCUT2D eigenvalue weighted by molar-refractivity contribution is 7.14. The maximum Gasteiger partial charge on any atom is 0.275 e. The van der Waals surface area contributed by atoms with Crippen molar-refractivity contribution in [1.82, 2.24) is 5.43 Å². The quantitative estimate of drug-likeness (QED) is 0.455. The molecule has 0 saturated carbocycles. The molecular weight excluding hydrogens is 248 g/mol. The van der Waals surface area contributed by atoms with Crippen molar-refractivity contribution in [3.05, 3.63) is 21.4 Å². The number of rotatable bonds is 7. The molecule has 0 saturated heterocycles. The lowest BCUT2D eigenvalue weighted by Crippen LogP contribution is -2.29. The number of hydrogen-bond acceptors (Lipinski definition) is 4. The van der Waals surface area contributed by atoms with Gasteiger partial charge in [-0.1, -0.05) is 20.3 Å². The molecule has 1 aromatic heterocycles. The molecule has 0 fully saturated rings. The minimum Gasteiger partial charge on any atom is -0.376 e. The summed E-state index contributed by atoms with van der Waals surface area (Å²) in [4.78, 5) is 13.1. The summed E-state index contributed by atoms with van der Waals surface area (Å²) in [5, 5.41) is 0. The monoisotopic (exact) mass is 270 g/mol. The van der Waals surface area contributed by atoms with E-state index in [9.17, 15) is 4.79 Å². The number of aryl methyl sites for hydroxylation is 1. The van der Waals surface area contributed by atoms with Gasteiger partial charge in [0, 0.05) is 11.5 Å². The molecule has 0 aliphatic rings. The molecule has 0 aromatic carbocycles. The van der Waals surface area contributed by atoms with Crippen LogP contribution in [-0.2, 0) is 11.3 Å². The highest BCUT2D eigenvalue weighted by atomic mass is 32.1. The SMILES string of the molecule is CCCC(C)COCc1cc(C(=O)NN)sc1C. The van der Waals surface area contributed by atoms with Crippen LogP contribution in [-0.4, -0.2) is 12.5 Å². The van der Waals surface area contributed by atoms with Crippen molar-refractivity contribution in [2.75, 3.05) is 6.61 Å². The third-order valence-electron chi connectivity index (χ3n) is 2.82. The highest BCUT2D eigenvalue weighted by Gasteiger charge is 2.11. The first-order chi connectivity index (χ1) is 8.58. The van der Waals surface area contributed by atoms with Crippen LogP contribution in [0, 0.1) is 12.8 Å². The van der Waals surface area contributed by atoms with Crippen LogP contribution in [0.5, 0.6) is 0 Å². The van der Waals surface area contributed by atoms with Crippen molar-refractivity contribution in [3.63, 3.8) is 0 Å². The third-order valence-corrected chi connectivity index (χ3v) is 3.91. The fourth-order valence-corrected chi connectivity index (χ4v) is 2.72. The van der Waals surface area contributed by atoms with Crippen LogP contribution in [0.3, 0.4) is 0 Å². The number of thiophene rings is 1. The van der Waals surface area contributed by atoms with E-state index >= 15 is 0 Å². The van der Waals surface area contributed by atoms with E-state index in [0.29, 0.717) is 17.4 Å². The molecule has 1 heterocycles. The number of hydrogen-bond donors (Lipinski definition) is 2. The topological polar surface area (TPSA) is 64.3 Å². The van der Waals surface area contributed by atoms with Crippen LogP contribution >= 0.6 is 11.3 Å². The Morgan fingerprint density at radius 3 is 2.94 bits per heavy atom. The van der Waals surface area contributed by atoms with E-state index in [0.717, 1.165) is 17.0 Å². The van der Waals surface area contributed by atoms with Crippen molar-refractivity contribution >= 4 is 17.2 Å². The van der Waals surface area contributed by atoms with E-state index in [4.69, 9.17) is 10.6 Å². The van der Waals surface area contributed by atoms with Crippen molar-refractivity contribution in [2.24, 2.45) is 11.8 Å². The molecule has 0 aliphatic carbocycles. The Hall–Kier alpha value is -0.910. The van der Waals surface area contributed by atoms with Crippen LogP contribution in [0.4, 0.5) is 0 Å². The number of carbonyl (C=O) groups is 1. The summed E-state index contributed by atoms with van der Waals surface area (Å²) in [7, 11) is 0. The van der Waals surface area contributed by atoms with E-state index in [-0.39, 0.29) is 5.91 Å². The Kier molecular flexibility index (Phi) is 6.32. The number of nitrogen functional groups attached to an aromatic ring is 1. The van der Waals surface area contributed by atoms with E-state index in [1.165, 1.54) is 24.2 Å². The third kappa shape index (κ3) is 4.40. The Bertz CT molecular complexity index is 390. The highest BCUT2D eigenvalue weighted by Crippen LogP contribution is 2.22. The molecule has 4 nitrogen and oxygen atoms in total. The first-order valence-corrected chi connectivity index (χ1v) is 7.08. The second-order valence-electron chi connectivity index (χ2n) is 4.57. The second-order valence-corrected chi connectivity index (χ2v) is 5.83. The molecule has 1 aromatic rings. The summed E-state index contributed by atoms with van der Waals surface area (Å²) in [5.41, 5.74) is 3.22. The van der Waals surface area contributed by atoms with Gasteiger partial charge >= 0.3 is 0 Å². The molecule has 0 bridgehead atoms. The minimum atomic E-state index is -0.242. The maximum atomic E-state index is 11.4. The van der Waals surface area contributed by atoms with Crippen LogP contribution in [0.1, 0.15) is 46.8 Å². The normalized spacial score (nSPS) is 12.4. The summed E-state index contributed by atoms with van der Waals surface area (Å²) in [6, 6.07) is 1.85. The van der Waals surface area contributed by atoms with Gasteiger partial charge in [0.1, 0.15) is 0 Å². The number of ether oxygens (including phenoxy) is 1. The molecule has 1 amide bonds. The van der Waals surface area contributed by atoms with Crippen molar-refractivity contribution < 1.29 is 9.53 Å². The molecule has 1 rings (SSSR count). The molecule has 3 N–H and O–H groups in total. The fraction of sp³-hybridized carbons (Fsp3) is 0.615.